The highest BCUT2D eigenvalue weighted by Gasteiger charge is 2.31. The fourth-order valence-corrected chi connectivity index (χ4v) is 4.36. The number of rotatable bonds is 4. The van der Waals surface area contributed by atoms with Gasteiger partial charge in [0.05, 0.1) is 0 Å². The van der Waals surface area contributed by atoms with E-state index in [9.17, 15) is 0 Å². The lowest BCUT2D eigenvalue weighted by molar-refractivity contribution is 0.131. The molecule has 20 heavy (non-hydrogen) atoms. The molecule has 1 atom stereocenters. The second-order valence-corrected chi connectivity index (χ2v) is 7.00. The molecule has 1 aliphatic heterocycles. The summed E-state index contributed by atoms with van der Waals surface area (Å²) in [7, 11) is 0. The van der Waals surface area contributed by atoms with Gasteiger partial charge >= 0.3 is 0 Å². The molecule has 0 radical (unpaired) electrons. The van der Waals surface area contributed by atoms with E-state index < -0.39 is 0 Å². The Morgan fingerprint density at radius 2 is 2.05 bits per heavy atom. The predicted octanol–water partition coefficient (Wildman–Crippen LogP) is 3.76. The second kappa shape index (κ2) is 6.59. The smallest absolute Gasteiger partial charge is 0.0354 e. The number of piperidine rings is 1. The van der Waals surface area contributed by atoms with E-state index in [1.165, 1.54) is 49.8 Å². The van der Waals surface area contributed by atoms with Crippen molar-refractivity contribution in [3.8, 4) is 0 Å². The number of nitrogens with zero attached hydrogens (tertiary/aromatic N) is 1. The van der Waals surface area contributed by atoms with Crippen LogP contribution in [-0.4, -0.2) is 31.1 Å². The Balaban J connectivity index is 1.62. The molecular formula is C17H25BrN2. The van der Waals surface area contributed by atoms with Crippen molar-refractivity contribution < 1.29 is 0 Å². The molecule has 0 aromatic heterocycles. The normalized spacial score (nSPS) is 24.0. The van der Waals surface area contributed by atoms with Crippen molar-refractivity contribution in [3.05, 3.63) is 33.8 Å². The van der Waals surface area contributed by atoms with Gasteiger partial charge in [0.25, 0.3) is 0 Å². The van der Waals surface area contributed by atoms with Crippen molar-refractivity contribution >= 4 is 15.9 Å². The van der Waals surface area contributed by atoms with Crippen LogP contribution in [0.15, 0.2) is 22.7 Å². The molecule has 1 aliphatic carbocycles. The Labute approximate surface area is 131 Å². The van der Waals surface area contributed by atoms with Crippen molar-refractivity contribution in [1.29, 1.82) is 0 Å². The van der Waals surface area contributed by atoms with Gasteiger partial charge in [-0.05, 0) is 75.0 Å². The van der Waals surface area contributed by atoms with Crippen LogP contribution < -0.4 is 5.32 Å². The lowest BCUT2D eigenvalue weighted by atomic mass is 9.94. The van der Waals surface area contributed by atoms with Crippen molar-refractivity contribution in [2.75, 3.05) is 26.2 Å². The first-order valence-electron chi connectivity index (χ1n) is 8.01. The summed E-state index contributed by atoms with van der Waals surface area (Å²) in [5, 5.41) is 3.50. The lowest BCUT2D eigenvalue weighted by Gasteiger charge is -2.36. The average Bonchev–Trinajstić information content (AvgIpc) is 2.91. The Morgan fingerprint density at radius 1 is 1.25 bits per heavy atom. The highest BCUT2D eigenvalue weighted by atomic mass is 79.9. The van der Waals surface area contributed by atoms with E-state index >= 15 is 0 Å². The van der Waals surface area contributed by atoms with E-state index in [1.807, 2.05) is 0 Å². The van der Waals surface area contributed by atoms with Crippen LogP contribution in [0.4, 0.5) is 0 Å². The van der Waals surface area contributed by atoms with Gasteiger partial charge in [0.2, 0.25) is 0 Å². The van der Waals surface area contributed by atoms with E-state index in [2.05, 4.69) is 51.3 Å². The van der Waals surface area contributed by atoms with Crippen LogP contribution in [0.2, 0.25) is 0 Å². The molecule has 1 unspecified atom stereocenters. The first kappa shape index (κ1) is 14.6. The van der Waals surface area contributed by atoms with Crippen LogP contribution in [0.1, 0.15) is 43.4 Å². The third-order valence-electron chi connectivity index (χ3n) is 4.95. The fourth-order valence-electron chi connectivity index (χ4n) is 3.78. The Kier molecular flexibility index (Phi) is 4.79. The summed E-state index contributed by atoms with van der Waals surface area (Å²) in [6, 6.07) is 7.38. The molecule has 3 heteroatoms. The standard InChI is InChI=1S/C17H25BrN2/c1-2-19-12-13-8-10-20(11-9-13)17-7-6-14-15(17)4-3-5-16(14)18/h3-5,13,17,19H,2,6-12H2,1H3. The van der Waals surface area contributed by atoms with Gasteiger partial charge in [0.1, 0.15) is 0 Å². The average molecular weight is 337 g/mol. The molecular weight excluding hydrogens is 312 g/mol. The van der Waals surface area contributed by atoms with Crippen molar-refractivity contribution in [1.82, 2.24) is 10.2 Å². The molecule has 1 N–H and O–H groups in total. The van der Waals surface area contributed by atoms with Gasteiger partial charge in [-0.3, -0.25) is 4.90 Å². The molecule has 1 aromatic carbocycles. The number of fused-ring (bicyclic) bond motifs is 1. The van der Waals surface area contributed by atoms with Crippen molar-refractivity contribution in [3.63, 3.8) is 0 Å². The molecule has 1 saturated heterocycles. The molecule has 1 fully saturated rings. The zero-order valence-electron chi connectivity index (χ0n) is 12.4. The van der Waals surface area contributed by atoms with E-state index in [1.54, 1.807) is 11.1 Å². The number of likely N-dealkylation sites (tertiary alicyclic amines) is 1. The summed E-state index contributed by atoms with van der Waals surface area (Å²) in [6.45, 7) is 7.04. The van der Waals surface area contributed by atoms with Gasteiger partial charge in [0, 0.05) is 10.5 Å². The van der Waals surface area contributed by atoms with E-state index in [0.29, 0.717) is 6.04 Å². The summed E-state index contributed by atoms with van der Waals surface area (Å²) < 4.78 is 1.31. The van der Waals surface area contributed by atoms with Gasteiger partial charge in [-0.25, -0.2) is 0 Å². The zero-order chi connectivity index (χ0) is 13.9. The molecule has 0 amide bonds. The highest BCUT2D eigenvalue weighted by Crippen LogP contribution is 2.40. The summed E-state index contributed by atoms with van der Waals surface area (Å²) in [6.07, 6.45) is 5.24. The maximum absolute atomic E-state index is 3.71. The summed E-state index contributed by atoms with van der Waals surface area (Å²) >= 11 is 3.71. The SMILES string of the molecule is CCNCC1CCN(C2CCc3c(Br)cccc32)CC1. The van der Waals surface area contributed by atoms with E-state index in [-0.39, 0.29) is 0 Å². The molecule has 3 rings (SSSR count). The number of hydrogen-bond donors (Lipinski definition) is 1. The van der Waals surface area contributed by atoms with Crippen LogP contribution in [0.5, 0.6) is 0 Å². The quantitative estimate of drug-likeness (QED) is 0.900. The van der Waals surface area contributed by atoms with Crippen molar-refractivity contribution in [2.24, 2.45) is 5.92 Å². The van der Waals surface area contributed by atoms with Crippen LogP contribution in [0.3, 0.4) is 0 Å². The summed E-state index contributed by atoms with van der Waals surface area (Å²) in [4.78, 5) is 2.72. The minimum absolute atomic E-state index is 0.669. The molecule has 2 aliphatic rings. The monoisotopic (exact) mass is 336 g/mol. The maximum Gasteiger partial charge on any atom is 0.0354 e. The molecule has 2 nitrogen and oxygen atoms in total. The van der Waals surface area contributed by atoms with Crippen LogP contribution in [0.25, 0.3) is 0 Å². The van der Waals surface area contributed by atoms with Crippen LogP contribution >= 0.6 is 15.9 Å². The molecule has 1 aromatic rings. The van der Waals surface area contributed by atoms with Crippen molar-refractivity contribution in [2.45, 2.75) is 38.6 Å². The highest BCUT2D eigenvalue weighted by molar-refractivity contribution is 9.10. The maximum atomic E-state index is 3.71. The number of hydrogen-bond acceptors (Lipinski definition) is 2. The Hall–Kier alpha value is -0.380. The Bertz CT molecular complexity index is 452. The lowest BCUT2D eigenvalue weighted by Crippen LogP contribution is -2.38. The minimum atomic E-state index is 0.669. The molecule has 110 valence electrons. The van der Waals surface area contributed by atoms with Gasteiger partial charge in [-0.15, -0.1) is 0 Å². The third-order valence-corrected chi connectivity index (χ3v) is 5.70. The van der Waals surface area contributed by atoms with Crippen LogP contribution in [0, 0.1) is 5.92 Å². The number of benzene rings is 1. The first-order valence-corrected chi connectivity index (χ1v) is 8.81. The van der Waals surface area contributed by atoms with Gasteiger partial charge in [-0.1, -0.05) is 35.0 Å². The largest absolute Gasteiger partial charge is 0.317 e. The van der Waals surface area contributed by atoms with E-state index in [0.717, 1.165) is 12.5 Å². The van der Waals surface area contributed by atoms with Gasteiger partial charge in [0.15, 0.2) is 0 Å². The molecule has 0 saturated carbocycles. The number of nitrogens with one attached hydrogen (secondary N) is 1. The summed E-state index contributed by atoms with van der Waals surface area (Å²) in [5.74, 6) is 0.884. The second-order valence-electron chi connectivity index (χ2n) is 6.15. The van der Waals surface area contributed by atoms with E-state index in [4.69, 9.17) is 0 Å². The molecule has 0 bridgehead atoms. The Morgan fingerprint density at radius 3 is 2.80 bits per heavy atom. The zero-order valence-corrected chi connectivity index (χ0v) is 14.0. The topological polar surface area (TPSA) is 15.3 Å². The number of halogens is 1. The fraction of sp³-hybridized carbons (Fsp3) is 0.647. The van der Waals surface area contributed by atoms with Gasteiger partial charge < -0.3 is 5.32 Å². The molecule has 1 heterocycles. The predicted molar refractivity (Wildman–Crippen MR) is 88.0 cm³/mol. The van der Waals surface area contributed by atoms with Crippen LogP contribution in [-0.2, 0) is 6.42 Å². The third kappa shape index (κ3) is 2.95. The first-order chi connectivity index (χ1) is 9.79. The summed E-state index contributed by atoms with van der Waals surface area (Å²) in [5.41, 5.74) is 3.12. The minimum Gasteiger partial charge on any atom is -0.317 e. The van der Waals surface area contributed by atoms with Gasteiger partial charge in [-0.2, -0.15) is 0 Å². The molecule has 0 spiro atoms.